The van der Waals surface area contributed by atoms with Gasteiger partial charge in [0.1, 0.15) is 10.6 Å². The number of rotatable bonds is 8. The Morgan fingerprint density at radius 1 is 1.12 bits per heavy atom. The Balaban J connectivity index is 2.55. The Hall–Kier alpha value is -1.85. The first kappa shape index (κ1) is 19.5. The van der Waals surface area contributed by atoms with Crippen LogP contribution in [0.25, 0.3) is 11.1 Å². The number of nitrogens with zero attached hydrogens (tertiary/aromatic N) is 1. The molecule has 0 bridgehead atoms. The zero-order chi connectivity index (χ0) is 18.4. The van der Waals surface area contributed by atoms with Gasteiger partial charge in [-0.3, -0.25) is 4.90 Å². The summed E-state index contributed by atoms with van der Waals surface area (Å²) >= 11 is 1.49. The molecule has 4 nitrogen and oxygen atoms in total. The topological polar surface area (TPSA) is 55.6 Å². The van der Waals surface area contributed by atoms with Crippen LogP contribution in [-0.2, 0) is 17.7 Å². The highest BCUT2D eigenvalue weighted by atomic mass is 32.1. The van der Waals surface area contributed by atoms with Crippen molar-refractivity contribution in [3.63, 3.8) is 0 Å². The van der Waals surface area contributed by atoms with E-state index in [-0.39, 0.29) is 5.97 Å². The standard InChI is InChI=1S/C20H28N2O2S/c1-5-14-9-11-15(12-10-14)17-16(13-22(6-2)7-3)25-19(21)18(17)20(23)24-8-4/h9-12H,5-8,13,21H2,1-4H3. The molecule has 1 aromatic carbocycles. The highest BCUT2D eigenvalue weighted by molar-refractivity contribution is 7.17. The lowest BCUT2D eigenvalue weighted by Crippen LogP contribution is -2.22. The van der Waals surface area contributed by atoms with E-state index >= 15 is 0 Å². The first-order valence-corrected chi connectivity index (χ1v) is 9.77. The average molecular weight is 361 g/mol. The molecular weight excluding hydrogens is 332 g/mol. The Morgan fingerprint density at radius 2 is 1.76 bits per heavy atom. The maximum Gasteiger partial charge on any atom is 0.341 e. The molecule has 0 aliphatic heterocycles. The fourth-order valence-electron chi connectivity index (χ4n) is 2.88. The molecule has 0 unspecified atom stereocenters. The van der Waals surface area contributed by atoms with Gasteiger partial charge in [-0.1, -0.05) is 45.0 Å². The Bertz CT molecular complexity index is 703. The predicted molar refractivity (Wildman–Crippen MR) is 106 cm³/mol. The van der Waals surface area contributed by atoms with Gasteiger partial charge >= 0.3 is 5.97 Å². The Morgan fingerprint density at radius 3 is 2.28 bits per heavy atom. The lowest BCUT2D eigenvalue weighted by atomic mass is 9.99. The summed E-state index contributed by atoms with van der Waals surface area (Å²) in [5, 5.41) is 0.537. The van der Waals surface area contributed by atoms with Gasteiger partial charge in [0.05, 0.1) is 6.61 Å². The van der Waals surface area contributed by atoms with Gasteiger partial charge in [0, 0.05) is 17.0 Å². The number of nitrogen functional groups attached to an aromatic ring is 1. The van der Waals surface area contributed by atoms with E-state index < -0.39 is 0 Å². The third kappa shape index (κ3) is 4.41. The highest BCUT2D eigenvalue weighted by Crippen LogP contribution is 2.40. The number of nitrogens with two attached hydrogens (primary N) is 1. The first-order valence-electron chi connectivity index (χ1n) is 8.95. The summed E-state index contributed by atoms with van der Waals surface area (Å²) in [7, 11) is 0. The highest BCUT2D eigenvalue weighted by Gasteiger charge is 2.25. The third-order valence-electron chi connectivity index (χ3n) is 4.40. The molecule has 2 rings (SSSR count). The molecule has 0 atom stereocenters. The van der Waals surface area contributed by atoms with Gasteiger partial charge in [-0.15, -0.1) is 11.3 Å². The molecule has 2 N–H and O–H groups in total. The Labute approximate surface area is 154 Å². The molecule has 0 aliphatic carbocycles. The fraction of sp³-hybridized carbons (Fsp3) is 0.450. The molecule has 25 heavy (non-hydrogen) atoms. The zero-order valence-electron chi connectivity index (χ0n) is 15.6. The molecule has 1 aromatic heterocycles. The van der Waals surface area contributed by atoms with Gasteiger partial charge in [0.2, 0.25) is 0 Å². The van der Waals surface area contributed by atoms with Crippen LogP contribution in [0.5, 0.6) is 0 Å². The fourth-order valence-corrected chi connectivity index (χ4v) is 4.00. The number of carbonyl (C=O) groups excluding carboxylic acids is 1. The molecule has 0 radical (unpaired) electrons. The van der Waals surface area contributed by atoms with Gasteiger partial charge in [-0.25, -0.2) is 4.79 Å². The van der Waals surface area contributed by atoms with Crippen molar-refractivity contribution >= 4 is 22.3 Å². The smallest absolute Gasteiger partial charge is 0.341 e. The maximum atomic E-state index is 12.5. The van der Waals surface area contributed by atoms with Crippen LogP contribution in [0.15, 0.2) is 24.3 Å². The SMILES string of the molecule is CCOC(=O)c1c(N)sc(CN(CC)CC)c1-c1ccc(CC)cc1. The molecule has 0 spiro atoms. The lowest BCUT2D eigenvalue weighted by Gasteiger charge is -2.18. The van der Waals surface area contributed by atoms with E-state index in [0.717, 1.165) is 42.1 Å². The quantitative estimate of drug-likeness (QED) is 0.700. The second kappa shape index (κ2) is 9.02. The zero-order valence-corrected chi connectivity index (χ0v) is 16.4. The van der Waals surface area contributed by atoms with Crippen LogP contribution in [0.2, 0.25) is 0 Å². The van der Waals surface area contributed by atoms with Crippen LogP contribution < -0.4 is 5.73 Å². The number of carbonyl (C=O) groups is 1. The van der Waals surface area contributed by atoms with E-state index in [0.29, 0.717) is 17.2 Å². The molecule has 0 saturated carbocycles. The van der Waals surface area contributed by atoms with Crippen LogP contribution in [0.4, 0.5) is 5.00 Å². The molecule has 1 heterocycles. The van der Waals surface area contributed by atoms with Crippen molar-refractivity contribution in [1.82, 2.24) is 4.90 Å². The molecule has 2 aromatic rings. The molecular formula is C20H28N2O2S. The van der Waals surface area contributed by atoms with E-state index in [1.807, 2.05) is 6.92 Å². The molecule has 0 fully saturated rings. The van der Waals surface area contributed by atoms with E-state index in [4.69, 9.17) is 10.5 Å². The third-order valence-corrected chi connectivity index (χ3v) is 5.40. The summed E-state index contributed by atoms with van der Waals surface area (Å²) in [6.07, 6.45) is 0.989. The van der Waals surface area contributed by atoms with Gasteiger partial charge in [0.25, 0.3) is 0 Å². The molecule has 136 valence electrons. The normalized spacial score (nSPS) is 11.1. The number of hydrogen-bond donors (Lipinski definition) is 1. The van der Waals surface area contributed by atoms with Crippen LogP contribution in [0.1, 0.15) is 48.5 Å². The number of ether oxygens (including phenoxy) is 1. The minimum atomic E-state index is -0.336. The summed E-state index contributed by atoms with van der Waals surface area (Å²) in [5.74, 6) is -0.336. The van der Waals surface area contributed by atoms with Gasteiger partial charge < -0.3 is 10.5 Å². The Kier molecular flexibility index (Phi) is 7.02. The van der Waals surface area contributed by atoms with Crippen LogP contribution in [0.3, 0.4) is 0 Å². The van der Waals surface area contributed by atoms with E-state index in [1.54, 1.807) is 0 Å². The number of anilines is 1. The summed E-state index contributed by atoms with van der Waals surface area (Å²) in [5.41, 5.74) is 9.96. The van der Waals surface area contributed by atoms with Crippen molar-refractivity contribution in [3.05, 3.63) is 40.3 Å². The van der Waals surface area contributed by atoms with Gasteiger partial charge in [-0.2, -0.15) is 0 Å². The number of hydrogen-bond acceptors (Lipinski definition) is 5. The van der Waals surface area contributed by atoms with Crippen molar-refractivity contribution in [2.24, 2.45) is 0 Å². The number of benzene rings is 1. The summed E-state index contributed by atoms with van der Waals surface area (Å²) in [6.45, 7) is 11.3. The summed E-state index contributed by atoms with van der Waals surface area (Å²) in [4.78, 5) is 16.0. The summed E-state index contributed by atoms with van der Waals surface area (Å²) < 4.78 is 5.26. The second-order valence-corrected chi connectivity index (χ2v) is 7.01. The molecule has 5 heteroatoms. The van der Waals surface area contributed by atoms with E-state index in [9.17, 15) is 4.79 Å². The van der Waals surface area contributed by atoms with Crippen molar-refractivity contribution < 1.29 is 9.53 Å². The van der Waals surface area contributed by atoms with E-state index in [1.165, 1.54) is 16.9 Å². The minimum absolute atomic E-state index is 0.336. The number of thiophene rings is 1. The van der Waals surface area contributed by atoms with E-state index in [2.05, 4.69) is 49.9 Å². The number of aryl methyl sites for hydroxylation is 1. The second-order valence-electron chi connectivity index (χ2n) is 5.87. The summed E-state index contributed by atoms with van der Waals surface area (Å²) in [6, 6.07) is 8.38. The van der Waals surface area contributed by atoms with Crippen molar-refractivity contribution in [1.29, 1.82) is 0 Å². The predicted octanol–water partition coefficient (Wildman–Crippen LogP) is 4.58. The van der Waals surface area contributed by atoms with Crippen molar-refractivity contribution in [2.75, 3.05) is 25.4 Å². The first-order chi connectivity index (χ1) is 12.0. The molecule has 0 amide bonds. The van der Waals surface area contributed by atoms with Gasteiger partial charge in [0.15, 0.2) is 0 Å². The van der Waals surface area contributed by atoms with Crippen LogP contribution >= 0.6 is 11.3 Å². The van der Waals surface area contributed by atoms with Gasteiger partial charge in [-0.05, 0) is 37.6 Å². The largest absolute Gasteiger partial charge is 0.462 e. The lowest BCUT2D eigenvalue weighted by molar-refractivity contribution is 0.0529. The van der Waals surface area contributed by atoms with Crippen LogP contribution in [0, 0.1) is 0 Å². The average Bonchev–Trinajstić information content (AvgIpc) is 2.95. The minimum Gasteiger partial charge on any atom is -0.462 e. The molecule has 0 saturated heterocycles. The van der Waals surface area contributed by atoms with Crippen LogP contribution in [-0.4, -0.2) is 30.6 Å². The number of esters is 1. The van der Waals surface area contributed by atoms with Crippen molar-refractivity contribution in [2.45, 2.75) is 40.7 Å². The van der Waals surface area contributed by atoms with Crippen molar-refractivity contribution in [3.8, 4) is 11.1 Å². The maximum absolute atomic E-state index is 12.5. The monoisotopic (exact) mass is 360 g/mol. The molecule has 0 aliphatic rings.